The first kappa shape index (κ1) is 11.9. The lowest BCUT2D eigenvalue weighted by molar-refractivity contribution is 0.103. The van der Waals surface area contributed by atoms with Gasteiger partial charge in [0.1, 0.15) is 0 Å². The molecular weight excluding hydrogens is 172 g/mol. The molecular formula is C9H14O4. The van der Waals surface area contributed by atoms with Crippen LogP contribution in [0.1, 0.15) is 10.6 Å². The summed E-state index contributed by atoms with van der Waals surface area (Å²) in [5.41, 5.74) is 0. The molecule has 0 aliphatic heterocycles. The van der Waals surface area contributed by atoms with E-state index in [-0.39, 0.29) is 0 Å². The highest BCUT2D eigenvalue weighted by Crippen LogP contribution is 1.92. The van der Waals surface area contributed by atoms with Crippen LogP contribution in [0.2, 0.25) is 0 Å². The first-order valence-electron chi connectivity index (χ1n) is 3.81. The molecule has 4 nitrogen and oxygen atoms in total. The number of carbonyl (C=O) groups is 1. The number of furan rings is 1. The minimum Gasteiger partial charge on any atom is -0.462 e. The molecule has 0 aliphatic rings. The zero-order chi connectivity index (χ0) is 9.94. The van der Waals surface area contributed by atoms with E-state index in [1.54, 1.807) is 26.4 Å². The third kappa shape index (κ3) is 7.24. The van der Waals surface area contributed by atoms with E-state index in [1.807, 2.05) is 0 Å². The van der Waals surface area contributed by atoms with Gasteiger partial charge in [-0.1, -0.05) is 0 Å². The van der Waals surface area contributed by atoms with E-state index in [4.69, 9.17) is 0 Å². The van der Waals surface area contributed by atoms with Crippen molar-refractivity contribution in [1.29, 1.82) is 0 Å². The van der Waals surface area contributed by atoms with Crippen molar-refractivity contribution in [2.45, 2.75) is 0 Å². The maximum absolute atomic E-state index is 9.77. The van der Waals surface area contributed by atoms with Crippen LogP contribution in [0, 0.1) is 0 Å². The fraction of sp³-hybridized carbons (Fsp3) is 0.444. The van der Waals surface area contributed by atoms with E-state index >= 15 is 0 Å². The molecule has 0 saturated carbocycles. The van der Waals surface area contributed by atoms with Crippen LogP contribution >= 0.6 is 0 Å². The molecule has 0 radical (unpaired) electrons. The molecule has 0 aliphatic carbocycles. The molecule has 0 saturated heterocycles. The number of carbonyl (C=O) groups excluding carboxylic acids is 1. The number of rotatable bonds is 4. The predicted octanol–water partition coefficient (Wildman–Crippen LogP) is 1.37. The maximum atomic E-state index is 9.77. The minimum atomic E-state index is 0.375. The van der Waals surface area contributed by atoms with Crippen molar-refractivity contribution in [1.82, 2.24) is 0 Å². The van der Waals surface area contributed by atoms with Crippen LogP contribution in [-0.2, 0) is 9.47 Å². The fourth-order valence-electron chi connectivity index (χ4n) is 0.525. The van der Waals surface area contributed by atoms with Crippen LogP contribution in [0.3, 0.4) is 0 Å². The summed E-state index contributed by atoms with van der Waals surface area (Å²) in [6, 6.07) is 3.27. The Morgan fingerprint density at radius 3 is 2.23 bits per heavy atom. The van der Waals surface area contributed by atoms with Crippen molar-refractivity contribution >= 4 is 6.29 Å². The zero-order valence-corrected chi connectivity index (χ0v) is 7.86. The molecule has 74 valence electrons. The maximum Gasteiger partial charge on any atom is 0.185 e. The summed E-state index contributed by atoms with van der Waals surface area (Å²) >= 11 is 0. The SMILES string of the molecule is COCCOC.O=Cc1ccco1. The Morgan fingerprint density at radius 2 is 2.00 bits per heavy atom. The predicted molar refractivity (Wildman–Crippen MR) is 47.8 cm³/mol. The highest BCUT2D eigenvalue weighted by atomic mass is 16.5. The summed E-state index contributed by atoms with van der Waals surface area (Å²) < 4.78 is 13.9. The van der Waals surface area contributed by atoms with Crippen molar-refractivity contribution in [3.63, 3.8) is 0 Å². The number of hydrogen-bond acceptors (Lipinski definition) is 4. The van der Waals surface area contributed by atoms with E-state index < -0.39 is 0 Å². The Balaban J connectivity index is 0.000000226. The number of hydrogen-bond donors (Lipinski definition) is 0. The average molecular weight is 186 g/mol. The number of aldehydes is 1. The largest absolute Gasteiger partial charge is 0.462 e. The average Bonchev–Trinajstić information content (AvgIpc) is 2.68. The highest BCUT2D eigenvalue weighted by Gasteiger charge is 1.84. The van der Waals surface area contributed by atoms with E-state index in [1.165, 1.54) is 6.26 Å². The van der Waals surface area contributed by atoms with Crippen LogP contribution in [-0.4, -0.2) is 33.7 Å². The second kappa shape index (κ2) is 8.96. The summed E-state index contributed by atoms with van der Waals surface area (Å²) in [5.74, 6) is 0.375. The van der Waals surface area contributed by atoms with Crippen molar-refractivity contribution in [3.8, 4) is 0 Å². The lowest BCUT2D eigenvalue weighted by atomic mass is 10.5. The Morgan fingerprint density at radius 1 is 1.38 bits per heavy atom. The Hall–Kier alpha value is -1.13. The Labute approximate surface area is 77.4 Å². The van der Waals surface area contributed by atoms with E-state index in [0.29, 0.717) is 25.3 Å². The van der Waals surface area contributed by atoms with Crippen molar-refractivity contribution < 1.29 is 18.7 Å². The Bertz CT molecular complexity index is 189. The van der Waals surface area contributed by atoms with Gasteiger partial charge in [0.05, 0.1) is 19.5 Å². The van der Waals surface area contributed by atoms with Gasteiger partial charge in [0.2, 0.25) is 0 Å². The summed E-state index contributed by atoms with van der Waals surface area (Å²) in [6.07, 6.45) is 2.13. The molecule has 1 rings (SSSR count). The monoisotopic (exact) mass is 186 g/mol. The first-order valence-corrected chi connectivity index (χ1v) is 3.81. The summed E-state index contributed by atoms with van der Waals surface area (Å²) in [6.45, 7) is 1.38. The van der Waals surface area contributed by atoms with Crippen molar-refractivity contribution in [2.75, 3.05) is 27.4 Å². The lowest BCUT2D eigenvalue weighted by Gasteiger charge is -1.91. The Kier molecular flexibility index (Phi) is 8.18. The van der Waals surface area contributed by atoms with Gasteiger partial charge in [-0.05, 0) is 12.1 Å². The smallest absolute Gasteiger partial charge is 0.185 e. The molecule has 0 amide bonds. The van der Waals surface area contributed by atoms with Crippen LogP contribution < -0.4 is 0 Å². The second-order valence-corrected chi connectivity index (χ2v) is 2.12. The molecule has 13 heavy (non-hydrogen) atoms. The third-order valence-electron chi connectivity index (χ3n) is 1.15. The van der Waals surface area contributed by atoms with Gasteiger partial charge in [-0.25, -0.2) is 0 Å². The van der Waals surface area contributed by atoms with Gasteiger partial charge in [-0.3, -0.25) is 4.79 Å². The second-order valence-electron chi connectivity index (χ2n) is 2.12. The van der Waals surface area contributed by atoms with Gasteiger partial charge >= 0.3 is 0 Å². The highest BCUT2D eigenvalue weighted by molar-refractivity contribution is 5.69. The van der Waals surface area contributed by atoms with Gasteiger partial charge in [0.15, 0.2) is 12.0 Å². The molecule has 0 N–H and O–H groups in total. The van der Waals surface area contributed by atoms with E-state index in [2.05, 4.69) is 13.9 Å². The van der Waals surface area contributed by atoms with Crippen LogP contribution in [0.25, 0.3) is 0 Å². The van der Waals surface area contributed by atoms with Crippen LogP contribution in [0.4, 0.5) is 0 Å². The number of methoxy groups -OCH3 is 2. The zero-order valence-electron chi connectivity index (χ0n) is 7.86. The lowest BCUT2D eigenvalue weighted by Crippen LogP contribution is -1.96. The molecule has 0 bridgehead atoms. The van der Waals surface area contributed by atoms with Crippen LogP contribution in [0.15, 0.2) is 22.8 Å². The van der Waals surface area contributed by atoms with Gasteiger partial charge in [-0.15, -0.1) is 0 Å². The van der Waals surface area contributed by atoms with Crippen molar-refractivity contribution in [2.24, 2.45) is 0 Å². The summed E-state index contributed by atoms with van der Waals surface area (Å²) in [4.78, 5) is 9.77. The fourth-order valence-corrected chi connectivity index (χ4v) is 0.525. The molecule has 4 heteroatoms. The topological polar surface area (TPSA) is 48.7 Å². The minimum absolute atomic E-state index is 0.375. The third-order valence-corrected chi connectivity index (χ3v) is 1.15. The molecule has 0 aromatic carbocycles. The van der Waals surface area contributed by atoms with Gasteiger partial charge < -0.3 is 13.9 Å². The van der Waals surface area contributed by atoms with Gasteiger partial charge in [-0.2, -0.15) is 0 Å². The van der Waals surface area contributed by atoms with Crippen molar-refractivity contribution in [3.05, 3.63) is 24.2 Å². The molecule has 0 atom stereocenters. The first-order chi connectivity index (χ1) is 6.35. The molecule has 0 spiro atoms. The van der Waals surface area contributed by atoms with E-state index in [9.17, 15) is 4.79 Å². The van der Waals surface area contributed by atoms with Crippen LogP contribution in [0.5, 0.6) is 0 Å². The molecule has 0 fully saturated rings. The standard InChI is InChI=1S/C5H4O2.C4H10O2/c6-4-5-2-1-3-7-5;1-5-3-4-6-2/h1-4H;3-4H2,1-2H3. The summed E-state index contributed by atoms with van der Waals surface area (Å²) in [7, 11) is 3.30. The molecule has 1 heterocycles. The quantitative estimate of drug-likeness (QED) is 0.526. The summed E-state index contributed by atoms with van der Waals surface area (Å²) in [5, 5.41) is 0. The van der Waals surface area contributed by atoms with Gasteiger partial charge in [0, 0.05) is 14.2 Å². The normalized spacial score (nSPS) is 8.77. The number of ether oxygens (including phenoxy) is 2. The van der Waals surface area contributed by atoms with Gasteiger partial charge in [0.25, 0.3) is 0 Å². The molecule has 1 aromatic heterocycles. The molecule has 1 aromatic rings. The molecule has 0 unspecified atom stereocenters. The van der Waals surface area contributed by atoms with E-state index in [0.717, 1.165) is 0 Å².